The molecule has 0 spiro atoms. The summed E-state index contributed by atoms with van der Waals surface area (Å²) in [5.41, 5.74) is 2.86. The Labute approximate surface area is 177 Å². The van der Waals surface area contributed by atoms with Crippen LogP contribution >= 0.6 is 27.3 Å². The second kappa shape index (κ2) is 7.79. The predicted octanol–water partition coefficient (Wildman–Crippen LogP) is 5.70. The smallest absolute Gasteiger partial charge is 0.266 e. The van der Waals surface area contributed by atoms with E-state index in [4.69, 9.17) is 0 Å². The summed E-state index contributed by atoms with van der Waals surface area (Å²) in [4.78, 5) is 26.0. The second-order valence-corrected chi connectivity index (χ2v) is 9.26. The van der Waals surface area contributed by atoms with Gasteiger partial charge in [0.05, 0.1) is 16.0 Å². The molecule has 0 saturated carbocycles. The van der Waals surface area contributed by atoms with Crippen molar-refractivity contribution in [2.75, 3.05) is 16.8 Å². The molecule has 0 aliphatic carbocycles. The minimum absolute atomic E-state index is 0.109. The number of carbonyl (C=O) groups excluding carboxylic acids is 1. The first-order valence-electron chi connectivity index (χ1n) is 9.54. The van der Waals surface area contributed by atoms with E-state index in [1.165, 1.54) is 30.6 Å². The van der Waals surface area contributed by atoms with Crippen molar-refractivity contribution >= 4 is 54.9 Å². The van der Waals surface area contributed by atoms with E-state index in [-0.39, 0.29) is 5.91 Å². The Morgan fingerprint density at radius 3 is 2.86 bits per heavy atom. The fourth-order valence-electron chi connectivity index (χ4n) is 3.80. The minimum atomic E-state index is -0.109. The molecule has 0 radical (unpaired) electrons. The molecule has 5 nitrogen and oxygen atoms in total. The van der Waals surface area contributed by atoms with Crippen LogP contribution in [0, 0.1) is 13.8 Å². The average Bonchev–Trinajstić information content (AvgIpc) is 3.01. The number of hydrogen-bond acceptors (Lipinski definition) is 5. The first-order valence-corrected chi connectivity index (χ1v) is 11.1. The maximum atomic E-state index is 13.0. The average molecular weight is 459 g/mol. The number of piperidine rings is 1. The van der Waals surface area contributed by atoms with Crippen molar-refractivity contribution in [3.63, 3.8) is 0 Å². The van der Waals surface area contributed by atoms with Crippen molar-refractivity contribution in [1.82, 2.24) is 9.97 Å². The molecule has 28 heavy (non-hydrogen) atoms. The summed E-state index contributed by atoms with van der Waals surface area (Å²) >= 11 is 4.97. The van der Waals surface area contributed by atoms with Gasteiger partial charge in [-0.05, 0) is 79.2 Å². The number of fused-ring (bicyclic) bond motifs is 1. The van der Waals surface area contributed by atoms with Crippen LogP contribution in [0.5, 0.6) is 0 Å². The predicted molar refractivity (Wildman–Crippen MR) is 120 cm³/mol. The van der Waals surface area contributed by atoms with Gasteiger partial charge in [-0.3, -0.25) is 4.79 Å². The number of anilines is 2. The van der Waals surface area contributed by atoms with Crippen LogP contribution in [0.4, 0.5) is 11.5 Å². The largest absolute Gasteiger partial charge is 0.353 e. The van der Waals surface area contributed by atoms with E-state index < -0.39 is 0 Å². The summed E-state index contributed by atoms with van der Waals surface area (Å²) < 4.78 is 0.877. The Hall–Kier alpha value is -1.99. The number of halogens is 1. The lowest BCUT2D eigenvalue weighted by molar-refractivity contribution is 0.103. The van der Waals surface area contributed by atoms with Gasteiger partial charge in [0.1, 0.15) is 17.0 Å². The Bertz CT molecular complexity index is 1050. The van der Waals surface area contributed by atoms with Crippen LogP contribution in [0.15, 0.2) is 29.0 Å². The summed E-state index contributed by atoms with van der Waals surface area (Å²) in [6, 6.07) is 6.35. The lowest BCUT2D eigenvalue weighted by atomic mass is 10.0. The van der Waals surface area contributed by atoms with Crippen LogP contribution in [0.25, 0.3) is 10.2 Å². The van der Waals surface area contributed by atoms with Crippen molar-refractivity contribution in [1.29, 1.82) is 0 Å². The fraction of sp³-hybridized carbons (Fsp3) is 0.381. The summed E-state index contributed by atoms with van der Waals surface area (Å²) in [6.45, 7) is 7.27. The van der Waals surface area contributed by atoms with Crippen molar-refractivity contribution < 1.29 is 4.79 Å². The van der Waals surface area contributed by atoms with E-state index in [2.05, 4.69) is 43.0 Å². The number of aryl methyl sites for hydroxylation is 2. The van der Waals surface area contributed by atoms with Gasteiger partial charge >= 0.3 is 0 Å². The molecule has 1 fully saturated rings. The van der Waals surface area contributed by atoms with Gasteiger partial charge in [0, 0.05) is 17.1 Å². The molecule has 0 unspecified atom stereocenters. The van der Waals surface area contributed by atoms with Crippen molar-refractivity contribution in [2.45, 2.75) is 46.1 Å². The zero-order valence-electron chi connectivity index (χ0n) is 16.3. The van der Waals surface area contributed by atoms with Crippen molar-refractivity contribution in [2.24, 2.45) is 0 Å². The third-order valence-corrected chi connectivity index (χ3v) is 7.22. The molecule has 1 aliphatic heterocycles. The topological polar surface area (TPSA) is 58.1 Å². The second-order valence-electron chi connectivity index (χ2n) is 7.41. The fourth-order valence-corrected chi connectivity index (χ4v) is 5.43. The number of amides is 1. The van der Waals surface area contributed by atoms with Crippen molar-refractivity contribution in [3.05, 3.63) is 45.0 Å². The molecule has 146 valence electrons. The van der Waals surface area contributed by atoms with E-state index in [1.807, 2.05) is 32.0 Å². The van der Waals surface area contributed by atoms with Gasteiger partial charge in [-0.1, -0.05) is 6.07 Å². The van der Waals surface area contributed by atoms with Gasteiger partial charge in [0.2, 0.25) is 0 Å². The summed E-state index contributed by atoms with van der Waals surface area (Å²) in [5.74, 6) is 0.851. The molecule has 7 heteroatoms. The lowest BCUT2D eigenvalue weighted by Crippen LogP contribution is -2.38. The van der Waals surface area contributed by atoms with Gasteiger partial charge < -0.3 is 10.2 Å². The summed E-state index contributed by atoms with van der Waals surface area (Å²) in [5, 5.41) is 4.03. The van der Waals surface area contributed by atoms with Gasteiger partial charge in [0.25, 0.3) is 5.91 Å². The van der Waals surface area contributed by atoms with Gasteiger partial charge in [-0.25, -0.2) is 9.97 Å². The van der Waals surface area contributed by atoms with E-state index in [0.29, 0.717) is 10.9 Å². The molecular formula is C21H23BrN4OS. The van der Waals surface area contributed by atoms with E-state index in [1.54, 1.807) is 6.33 Å². The Morgan fingerprint density at radius 2 is 2.11 bits per heavy atom. The van der Waals surface area contributed by atoms with E-state index >= 15 is 0 Å². The van der Waals surface area contributed by atoms with Gasteiger partial charge in [0.15, 0.2) is 0 Å². The monoisotopic (exact) mass is 458 g/mol. The lowest BCUT2D eigenvalue weighted by Gasteiger charge is -2.34. The molecular weight excluding hydrogens is 436 g/mol. The standard InChI is InChI=1S/C21H23BrN4OS/c1-12-7-8-16(15(22)10-12)25-20(27)18-14(3)17-19(23-11-24-21(17)28-18)26-9-5-4-6-13(26)2/h7-8,10-11,13H,4-6,9H2,1-3H3,(H,25,27)/t13-/m1/s1. The Morgan fingerprint density at radius 1 is 1.29 bits per heavy atom. The molecule has 1 amide bonds. The minimum Gasteiger partial charge on any atom is -0.353 e. The number of carbonyl (C=O) groups is 1. The van der Waals surface area contributed by atoms with Crippen LogP contribution in [-0.4, -0.2) is 28.5 Å². The third-order valence-electron chi connectivity index (χ3n) is 5.36. The maximum Gasteiger partial charge on any atom is 0.266 e. The third kappa shape index (κ3) is 3.53. The normalized spacial score (nSPS) is 17.1. The van der Waals surface area contributed by atoms with Crippen LogP contribution in [-0.2, 0) is 0 Å². The van der Waals surface area contributed by atoms with Crippen LogP contribution < -0.4 is 10.2 Å². The highest BCUT2D eigenvalue weighted by Gasteiger charge is 2.26. The van der Waals surface area contributed by atoms with Crippen LogP contribution in [0.1, 0.15) is 47.0 Å². The highest BCUT2D eigenvalue weighted by molar-refractivity contribution is 9.10. The van der Waals surface area contributed by atoms with E-state index in [9.17, 15) is 4.79 Å². The van der Waals surface area contributed by atoms with Crippen LogP contribution in [0.3, 0.4) is 0 Å². The summed E-state index contributed by atoms with van der Waals surface area (Å²) in [7, 11) is 0. The molecule has 1 atom stereocenters. The SMILES string of the molecule is Cc1ccc(NC(=O)c2sc3ncnc(N4CCCC[C@H]4C)c3c2C)c(Br)c1. The molecule has 1 saturated heterocycles. The number of thiophene rings is 1. The maximum absolute atomic E-state index is 13.0. The van der Waals surface area contributed by atoms with Crippen LogP contribution in [0.2, 0.25) is 0 Å². The Balaban J connectivity index is 1.71. The molecule has 1 aliphatic rings. The summed E-state index contributed by atoms with van der Waals surface area (Å²) in [6.07, 6.45) is 5.22. The van der Waals surface area contributed by atoms with Gasteiger partial charge in [-0.15, -0.1) is 11.3 Å². The number of nitrogens with one attached hydrogen (secondary N) is 1. The zero-order chi connectivity index (χ0) is 19.8. The molecule has 1 aromatic carbocycles. The first kappa shape index (κ1) is 19.3. The van der Waals surface area contributed by atoms with E-state index in [0.717, 1.165) is 43.9 Å². The number of nitrogens with zero attached hydrogens (tertiary/aromatic N) is 3. The molecule has 1 N–H and O–H groups in total. The van der Waals surface area contributed by atoms with Gasteiger partial charge in [-0.2, -0.15) is 0 Å². The quantitative estimate of drug-likeness (QED) is 0.546. The molecule has 3 heterocycles. The molecule has 2 aromatic heterocycles. The first-order chi connectivity index (χ1) is 13.5. The molecule has 4 rings (SSSR count). The molecule has 3 aromatic rings. The van der Waals surface area contributed by atoms with Crippen molar-refractivity contribution in [3.8, 4) is 0 Å². The zero-order valence-corrected chi connectivity index (χ0v) is 18.7. The number of hydrogen-bond donors (Lipinski definition) is 1. The number of rotatable bonds is 3. The highest BCUT2D eigenvalue weighted by Crippen LogP contribution is 2.37. The number of benzene rings is 1. The Kier molecular flexibility index (Phi) is 5.38. The highest BCUT2D eigenvalue weighted by atomic mass is 79.9. The molecule has 0 bridgehead atoms. The number of aromatic nitrogens is 2.